The maximum Gasteiger partial charge on any atom is 0.260 e. The number of rotatable bonds is 2. The highest BCUT2D eigenvalue weighted by Crippen LogP contribution is 2.48. The number of fused-ring (bicyclic) bond motifs is 10. The van der Waals surface area contributed by atoms with E-state index in [1.807, 2.05) is 18.2 Å². The Kier molecular flexibility index (Phi) is 5.58. The van der Waals surface area contributed by atoms with E-state index < -0.39 is 0 Å². The van der Waals surface area contributed by atoms with Gasteiger partial charge in [0.15, 0.2) is 0 Å². The Bertz CT molecular complexity index is 3100. The number of para-hydroxylation sites is 2. The molecule has 3 heterocycles. The topological polar surface area (TPSA) is 31.6 Å². The molecule has 0 radical (unpaired) electrons. The Balaban J connectivity index is 1.12. The molecule has 52 heavy (non-hydrogen) atoms. The molecular weight excluding hydrogens is 635 g/mol. The Morgan fingerprint density at radius 1 is 0.385 bits per heavy atom. The van der Waals surface area contributed by atoms with Gasteiger partial charge in [0.25, 0.3) is 6.71 Å². The molecule has 0 bridgehead atoms. The minimum absolute atomic E-state index is 0.00489. The molecule has 0 N–H and O–H groups in total. The highest BCUT2D eigenvalue weighted by Gasteiger charge is 2.40. The fourth-order valence-corrected chi connectivity index (χ4v) is 8.95. The predicted octanol–water partition coefficient (Wildman–Crippen LogP) is 11.1. The van der Waals surface area contributed by atoms with Crippen molar-refractivity contribution in [1.82, 2.24) is 0 Å². The second-order valence-electron chi connectivity index (χ2n) is 13.9. The van der Waals surface area contributed by atoms with Crippen molar-refractivity contribution in [3.8, 4) is 45.3 Å². The van der Waals surface area contributed by atoms with Crippen LogP contribution in [-0.4, -0.2) is 6.71 Å². The molecule has 3 nitrogen and oxygen atoms in total. The van der Waals surface area contributed by atoms with Crippen molar-refractivity contribution >= 4 is 77.4 Å². The molecule has 10 aromatic rings. The van der Waals surface area contributed by atoms with Gasteiger partial charge in [0.05, 0.1) is 0 Å². The lowest BCUT2D eigenvalue weighted by atomic mass is 9.34. The largest absolute Gasteiger partial charge is 0.458 e. The molecule has 240 valence electrons. The van der Waals surface area contributed by atoms with Crippen LogP contribution >= 0.6 is 0 Å². The summed E-state index contributed by atoms with van der Waals surface area (Å²) in [4.78, 5) is 0. The van der Waals surface area contributed by atoms with E-state index in [9.17, 15) is 0 Å². The minimum atomic E-state index is 0.00489. The number of hydrogen-bond acceptors (Lipinski definition) is 3. The van der Waals surface area contributed by atoms with E-state index in [1.54, 1.807) is 0 Å². The molecule has 0 saturated carbocycles. The van der Waals surface area contributed by atoms with E-state index in [1.165, 1.54) is 43.4 Å². The molecule has 0 amide bonds. The Morgan fingerprint density at radius 3 is 1.77 bits per heavy atom. The van der Waals surface area contributed by atoms with Gasteiger partial charge in [-0.1, -0.05) is 121 Å². The highest BCUT2D eigenvalue weighted by molar-refractivity contribution is 6.98. The summed E-state index contributed by atoms with van der Waals surface area (Å²) < 4.78 is 19.8. The molecule has 2 aliphatic heterocycles. The van der Waals surface area contributed by atoms with Crippen LogP contribution in [0.15, 0.2) is 168 Å². The van der Waals surface area contributed by atoms with Crippen molar-refractivity contribution in [2.45, 2.75) is 0 Å². The highest BCUT2D eigenvalue weighted by atomic mass is 16.5. The van der Waals surface area contributed by atoms with Crippen molar-refractivity contribution in [1.29, 1.82) is 0 Å². The standard InChI is InChI=1S/C48H27BO3/c1-2-12-29-27-44-37(25-28(29)11-1)36-26-30(23-24-40(36)50-44)45-31-13-3-5-15-33(31)46(34-16-6-4-14-32(34)45)35-17-9-19-39-48(35)52-43-22-10-21-42-47(43)49(39)38-18-7-8-20-41(38)51-42/h1-27H. The summed E-state index contributed by atoms with van der Waals surface area (Å²) >= 11 is 0. The summed E-state index contributed by atoms with van der Waals surface area (Å²) in [6.45, 7) is 0.00489. The molecule has 0 atom stereocenters. The summed E-state index contributed by atoms with van der Waals surface area (Å²) in [7, 11) is 0. The summed E-state index contributed by atoms with van der Waals surface area (Å²) in [6.07, 6.45) is 0. The van der Waals surface area contributed by atoms with Gasteiger partial charge in [-0.25, -0.2) is 0 Å². The monoisotopic (exact) mass is 662 g/mol. The van der Waals surface area contributed by atoms with E-state index in [2.05, 4.69) is 146 Å². The zero-order chi connectivity index (χ0) is 33.9. The van der Waals surface area contributed by atoms with Gasteiger partial charge in [0.2, 0.25) is 0 Å². The Labute approximate surface area is 299 Å². The Morgan fingerprint density at radius 2 is 0.981 bits per heavy atom. The lowest BCUT2D eigenvalue weighted by Gasteiger charge is -2.33. The van der Waals surface area contributed by atoms with Crippen molar-refractivity contribution < 1.29 is 13.9 Å². The van der Waals surface area contributed by atoms with Gasteiger partial charge < -0.3 is 13.9 Å². The molecule has 0 fully saturated rings. The first-order chi connectivity index (χ1) is 25.8. The Hall–Kier alpha value is -6.78. The van der Waals surface area contributed by atoms with Crippen LogP contribution < -0.4 is 25.9 Å². The average Bonchev–Trinajstić information content (AvgIpc) is 3.55. The van der Waals surface area contributed by atoms with Crippen LogP contribution in [0.5, 0.6) is 23.0 Å². The maximum absolute atomic E-state index is 6.96. The predicted molar refractivity (Wildman–Crippen MR) is 215 cm³/mol. The first-order valence-electron chi connectivity index (χ1n) is 17.8. The van der Waals surface area contributed by atoms with Crippen LogP contribution in [0, 0.1) is 0 Å². The SMILES string of the molecule is c1ccc2c(c1)Oc1cccc3c1B2c1cccc(-c2c4ccccc4c(-c4ccc5oc6cc7ccccc7cc6c5c4)c4ccccc24)c1O3. The lowest BCUT2D eigenvalue weighted by Crippen LogP contribution is -2.57. The van der Waals surface area contributed by atoms with E-state index in [0.29, 0.717) is 0 Å². The lowest BCUT2D eigenvalue weighted by molar-refractivity contribution is 0.465. The van der Waals surface area contributed by atoms with Gasteiger partial charge in [-0.15, -0.1) is 0 Å². The van der Waals surface area contributed by atoms with Crippen molar-refractivity contribution in [3.63, 3.8) is 0 Å². The number of benzene rings is 9. The van der Waals surface area contributed by atoms with Gasteiger partial charge in [-0.2, -0.15) is 0 Å². The summed E-state index contributed by atoms with van der Waals surface area (Å²) in [5.74, 6) is 3.49. The van der Waals surface area contributed by atoms with Gasteiger partial charge in [0.1, 0.15) is 34.2 Å². The van der Waals surface area contributed by atoms with Gasteiger partial charge in [-0.3, -0.25) is 0 Å². The van der Waals surface area contributed by atoms with E-state index in [-0.39, 0.29) is 6.71 Å². The van der Waals surface area contributed by atoms with Crippen LogP contribution in [0.1, 0.15) is 0 Å². The molecular formula is C48H27BO3. The van der Waals surface area contributed by atoms with Crippen LogP contribution in [0.25, 0.3) is 76.5 Å². The van der Waals surface area contributed by atoms with E-state index in [4.69, 9.17) is 13.9 Å². The molecule has 4 heteroatoms. The molecule has 1 aromatic heterocycles. The minimum Gasteiger partial charge on any atom is -0.458 e. The van der Waals surface area contributed by atoms with Crippen LogP contribution in [0.3, 0.4) is 0 Å². The molecule has 0 unspecified atom stereocenters. The summed E-state index contributed by atoms with van der Waals surface area (Å²) in [5, 5.41) is 9.40. The summed E-state index contributed by atoms with van der Waals surface area (Å²) in [6, 6.07) is 58.3. The number of hydrogen-bond donors (Lipinski definition) is 0. The fraction of sp³-hybridized carbons (Fsp3) is 0. The third-order valence-corrected chi connectivity index (χ3v) is 11.2. The second kappa shape index (κ2) is 10.4. The van der Waals surface area contributed by atoms with E-state index in [0.717, 1.165) is 72.5 Å². The zero-order valence-electron chi connectivity index (χ0n) is 27.9. The van der Waals surface area contributed by atoms with Crippen molar-refractivity contribution in [2.75, 3.05) is 0 Å². The molecule has 0 aliphatic carbocycles. The van der Waals surface area contributed by atoms with Crippen LogP contribution in [0.2, 0.25) is 0 Å². The quantitative estimate of drug-likeness (QED) is 0.136. The molecule has 0 saturated heterocycles. The molecule has 2 aliphatic rings. The van der Waals surface area contributed by atoms with Gasteiger partial charge >= 0.3 is 0 Å². The number of furan rings is 1. The first-order valence-corrected chi connectivity index (χ1v) is 17.8. The van der Waals surface area contributed by atoms with Crippen LogP contribution in [0.4, 0.5) is 0 Å². The third-order valence-electron chi connectivity index (χ3n) is 11.2. The molecule has 12 rings (SSSR count). The fourth-order valence-electron chi connectivity index (χ4n) is 8.95. The molecule has 9 aromatic carbocycles. The van der Waals surface area contributed by atoms with Crippen molar-refractivity contribution in [3.05, 3.63) is 164 Å². The van der Waals surface area contributed by atoms with Gasteiger partial charge in [0, 0.05) is 27.4 Å². The molecule has 0 spiro atoms. The zero-order valence-corrected chi connectivity index (χ0v) is 27.9. The summed E-state index contributed by atoms with van der Waals surface area (Å²) in [5.41, 5.74) is 9.83. The van der Waals surface area contributed by atoms with Gasteiger partial charge in [-0.05, 0) is 96.8 Å². The maximum atomic E-state index is 6.96. The first kappa shape index (κ1) is 28.0. The third kappa shape index (κ3) is 3.81. The smallest absolute Gasteiger partial charge is 0.260 e. The normalized spacial score (nSPS) is 12.9. The second-order valence-corrected chi connectivity index (χ2v) is 13.9. The number of ether oxygens (including phenoxy) is 2. The van der Waals surface area contributed by atoms with Crippen LogP contribution in [-0.2, 0) is 0 Å². The van der Waals surface area contributed by atoms with Crippen molar-refractivity contribution in [2.24, 2.45) is 0 Å². The van der Waals surface area contributed by atoms with E-state index >= 15 is 0 Å². The average molecular weight is 663 g/mol.